The quantitative estimate of drug-likeness (QED) is 0.152. The second-order valence-corrected chi connectivity index (χ2v) is 7.49. The molecule has 2 aliphatic heterocycles. The largest absolute Gasteiger partial charge is 0.480 e. The highest BCUT2D eigenvalue weighted by atomic mass is 16.4. The molecule has 0 bridgehead atoms. The Balaban J connectivity index is 2.11. The maximum atomic E-state index is 13.1. The second-order valence-electron chi connectivity index (χ2n) is 7.49. The third-order valence-electron chi connectivity index (χ3n) is 5.43. The summed E-state index contributed by atoms with van der Waals surface area (Å²) in [5.74, 6) is -2.36. The summed E-state index contributed by atoms with van der Waals surface area (Å²) in [6, 6.07) is -2.53. The normalized spacial score (nSPS) is 21.9. The molecule has 0 spiro atoms. The van der Waals surface area contributed by atoms with Crippen molar-refractivity contribution >= 4 is 29.7 Å². The van der Waals surface area contributed by atoms with E-state index >= 15 is 0 Å². The Morgan fingerprint density at radius 3 is 2.30 bits per heavy atom. The molecule has 0 aromatic carbocycles. The first-order chi connectivity index (χ1) is 14.3. The second kappa shape index (κ2) is 10.8. The summed E-state index contributed by atoms with van der Waals surface area (Å²) >= 11 is 0. The van der Waals surface area contributed by atoms with Gasteiger partial charge < -0.3 is 37.4 Å². The van der Waals surface area contributed by atoms with Gasteiger partial charge in [-0.2, -0.15) is 0 Å². The molecule has 168 valence electrons. The third kappa shape index (κ3) is 5.81. The van der Waals surface area contributed by atoms with Gasteiger partial charge in [-0.05, 0) is 38.5 Å². The van der Waals surface area contributed by atoms with E-state index in [0.717, 1.165) is 0 Å². The van der Waals surface area contributed by atoms with Crippen LogP contribution < -0.4 is 22.5 Å². The lowest BCUT2D eigenvalue weighted by molar-refractivity contribution is -0.149. The molecule has 12 heteroatoms. The summed E-state index contributed by atoms with van der Waals surface area (Å²) in [5, 5.41) is 12.1. The molecule has 0 radical (unpaired) electrons. The van der Waals surface area contributed by atoms with Gasteiger partial charge in [-0.25, -0.2) is 4.79 Å². The number of amides is 3. The van der Waals surface area contributed by atoms with Gasteiger partial charge in [0.15, 0.2) is 5.96 Å². The molecule has 0 aromatic rings. The zero-order valence-corrected chi connectivity index (χ0v) is 17.0. The molecule has 1 unspecified atom stereocenters. The minimum Gasteiger partial charge on any atom is -0.480 e. The molecule has 0 aliphatic carbocycles. The Labute approximate surface area is 174 Å². The fourth-order valence-electron chi connectivity index (χ4n) is 3.97. The number of likely N-dealkylation sites (tertiary alicyclic amines) is 2. The first-order valence-corrected chi connectivity index (χ1v) is 10.1. The lowest BCUT2D eigenvalue weighted by atomic mass is 10.1. The fourth-order valence-corrected chi connectivity index (χ4v) is 3.97. The van der Waals surface area contributed by atoms with Crippen LogP contribution >= 0.6 is 0 Å². The number of hydrogen-bond acceptors (Lipinski definition) is 6. The standard InChI is InChI=1S/C18H31N7O5/c19-10-14(26)24-8-2-5-12(24)15(27)23-11(4-1-7-22-18(20)21)16(28)25-9-3-6-13(25)17(29)30/h11-13H,1-10,19H2,(H,23,27)(H,29,30)(H4,20,21,22)/t11-,12-,13?/m0/s1. The van der Waals surface area contributed by atoms with Crippen LogP contribution in [0.15, 0.2) is 4.99 Å². The highest BCUT2D eigenvalue weighted by Gasteiger charge is 2.39. The number of guanidine groups is 1. The van der Waals surface area contributed by atoms with Crippen LogP contribution in [0.2, 0.25) is 0 Å². The lowest BCUT2D eigenvalue weighted by Gasteiger charge is -2.29. The number of nitrogens with one attached hydrogen (secondary N) is 1. The molecule has 2 heterocycles. The Bertz CT molecular complexity index is 694. The average molecular weight is 425 g/mol. The van der Waals surface area contributed by atoms with E-state index in [1.807, 2.05) is 0 Å². The number of carboxylic acids is 1. The van der Waals surface area contributed by atoms with Gasteiger partial charge in [0.25, 0.3) is 0 Å². The van der Waals surface area contributed by atoms with E-state index in [9.17, 15) is 24.3 Å². The van der Waals surface area contributed by atoms with Crippen LogP contribution in [0.4, 0.5) is 0 Å². The minimum atomic E-state index is -1.07. The van der Waals surface area contributed by atoms with Crippen molar-refractivity contribution in [3.8, 4) is 0 Å². The topological polar surface area (TPSA) is 197 Å². The molecule has 2 fully saturated rings. The molecule has 8 N–H and O–H groups in total. The number of carboxylic acid groups (broad SMARTS) is 1. The van der Waals surface area contributed by atoms with Crippen LogP contribution in [0.25, 0.3) is 0 Å². The van der Waals surface area contributed by atoms with Crippen molar-refractivity contribution in [1.82, 2.24) is 15.1 Å². The molecule has 30 heavy (non-hydrogen) atoms. The zero-order chi connectivity index (χ0) is 22.3. The smallest absolute Gasteiger partial charge is 0.326 e. The van der Waals surface area contributed by atoms with E-state index in [4.69, 9.17) is 17.2 Å². The monoisotopic (exact) mass is 425 g/mol. The minimum absolute atomic E-state index is 0.0747. The average Bonchev–Trinajstić information content (AvgIpc) is 3.38. The van der Waals surface area contributed by atoms with Crippen molar-refractivity contribution in [3.05, 3.63) is 0 Å². The third-order valence-corrected chi connectivity index (χ3v) is 5.43. The van der Waals surface area contributed by atoms with Crippen LogP contribution in [0, 0.1) is 0 Å². The molecule has 0 saturated carbocycles. The van der Waals surface area contributed by atoms with Crippen molar-refractivity contribution in [2.45, 2.75) is 56.7 Å². The summed E-state index contributed by atoms with van der Waals surface area (Å²) in [6.45, 7) is 0.825. The molecule has 2 rings (SSSR count). The highest BCUT2D eigenvalue weighted by Crippen LogP contribution is 2.21. The van der Waals surface area contributed by atoms with Crippen molar-refractivity contribution in [1.29, 1.82) is 0 Å². The van der Waals surface area contributed by atoms with Crippen molar-refractivity contribution in [2.24, 2.45) is 22.2 Å². The zero-order valence-electron chi connectivity index (χ0n) is 17.0. The van der Waals surface area contributed by atoms with Crippen LogP contribution in [-0.4, -0.2) is 88.9 Å². The van der Waals surface area contributed by atoms with Gasteiger partial charge in [0.1, 0.15) is 18.1 Å². The summed E-state index contributed by atoms with van der Waals surface area (Å²) < 4.78 is 0. The number of carbonyl (C=O) groups is 4. The van der Waals surface area contributed by atoms with Gasteiger partial charge in [0, 0.05) is 19.6 Å². The molecule has 3 amide bonds. The maximum absolute atomic E-state index is 13.1. The van der Waals surface area contributed by atoms with Crippen LogP contribution in [0.1, 0.15) is 38.5 Å². The van der Waals surface area contributed by atoms with Gasteiger partial charge in [0.05, 0.1) is 6.54 Å². The molecule has 0 aromatic heterocycles. The number of hydrogen-bond donors (Lipinski definition) is 5. The number of nitrogens with zero attached hydrogens (tertiary/aromatic N) is 3. The highest BCUT2D eigenvalue weighted by molar-refractivity contribution is 5.94. The predicted molar refractivity (Wildman–Crippen MR) is 108 cm³/mol. The lowest BCUT2D eigenvalue weighted by Crippen LogP contribution is -2.55. The van der Waals surface area contributed by atoms with Gasteiger partial charge in [-0.3, -0.25) is 19.4 Å². The molecule has 12 nitrogen and oxygen atoms in total. The van der Waals surface area contributed by atoms with E-state index in [1.165, 1.54) is 9.80 Å². The van der Waals surface area contributed by atoms with Gasteiger partial charge in [-0.1, -0.05) is 0 Å². The molecule has 2 saturated heterocycles. The Hall–Kier alpha value is -2.89. The van der Waals surface area contributed by atoms with Crippen molar-refractivity contribution < 1.29 is 24.3 Å². The maximum Gasteiger partial charge on any atom is 0.326 e. The summed E-state index contributed by atoms with van der Waals surface area (Å²) in [7, 11) is 0. The number of nitrogens with two attached hydrogens (primary N) is 3. The summed E-state index contributed by atoms with van der Waals surface area (Å²) in [5.41, 5.74) is 16.0. The van der Waals surface area contributed by atoms with Gasteiger partial charge in [-0.15, -0.1) is 0 Å². The first kappa shape index (κ1) is 23.4. The van der Waals surface area contributed by atoms with Crippen LogP contribution in [0.5, 0.6) is 0 Å². The van der Waals surface area contributed by atoms with Gasteiger partial charge in [0.2, 0.25) is 17.7 Å². The molecule has 2 aliphatic rings. The van der Waals surface area contributed by atoms with E-state index < -0.39 is 35.9 Å². The number of aliphatic imine (C=N–C) groups is 1. The van der Waals surface area contributed by atoms with E-state index in [-0.39, 0.29) is 31.4 Å². The van der Waals surface area contributed by atoms with Gasteiger partial charge >= 0.3 is 5.97 Å². The summed E-state index contributed by atoms with van der Waals surface area (Å²) in [4.78, 5) is 56.0. The molecular formula is C18H31N7O5. The Morgan fingerprint density at radius 2 is 1.70 bits per heavy atom. The van der Waals surface area contributed by atoms with E-state index in [0.29, 0.717) is 45.2 Å². The van der Waals surface area contributed by atoms with Crippen molar-refractivity contribution in [2.75, 3.05) is 26.2 Å². The molecular weight excluding hydrogens is 394 g/mol. The first-order valence-electron chi connectivity index (χ1n) is 10.1. The van der Waals surface area contributed by atoms with Crippen LogP contribution in [-0.2, 0) is 19.2 Å². The Kier molecular flexibility index (Phi) is 8.39. The van der Waals surface area contributed by atoms with Crippen LogP contribution in [0.3, 0.4) is 0 Å². The van der Waals surface area contributed by atoms with E-state index in [1.54, 1.807) is 0 Å². The fraction of sp³-hybridized carbons (Fsp3) is 0.722. The predicted octanol–water partition coefficient (Wildman–Crippen LogP) is -2.45. The number of rotatable bonds is 9. The number of carbonyl (C=O) groups excluding carboxylic acids is 3. The SMILES string of the molecule is NCC(=O)N1CCC[C@H]1C(=O)N[C@@H](CCCN=C(N)N)C(=O)N1CCCC1C(=O)O. The Morgan fingerprint density at radius 1 is 1.07 bits per heavy atom. The van der Waals surface area contributed by atoms with E-state index in [2.05, 4.69) is 10.3 Å². The molecule has 3 atom stereocenters. The number of aliphatic carboxylic acids is 1. The van der Waals surface area contributed by atoms with Crippen molar-refractivity contribution in [3.63, 3.8) is 0 Å². The summed E-state index contributed by atoms with van der Waals surface area (Å²) in [6.07, 6.45) is 2.75.